The molecule has 2 N–H and O–H groups in total. The van der Waals surface area contributed by atoms with E-state index in [9.17, 15) is 9.59 Å². The molecule has 0 bridgehead atoms. The number of carbonyl (C=O) groups excluding carboxylic acids is 2. The molecule has 2 aliphatic rings. The molecule has 2 saturated heterocycles. The molecule has 158 valence electrons. The van der Waals surface area contributed by atoms with Gasteiger partial charge in [0.15, 0.2) is 0 Å². The number of hydrogen-bond acceptors (Lipinski definition) is 3. The number of rotatable bonds is 5. The average molecular weight is 426 g/mol. The van der Waals surface area contributed by atoms with E-state index in [-0.39, 0.29) is 11.8 Å². The Kier molecular flexibility index (Phi) is 5.85. The molecule has 0 radical (unpaired) electrons. The number of piperidine rings is 1. The Balaban J connectivity index is 1.49. The second kappa shape index (κ2) is 8.40. The summed E-state index contributed by atoms with van der Waals surface area (Å²) in [7, 11) is 0. The number of benzene rings is 2. The molecule has 0 aromatic heterocycles. The van der Waals surface area contributed by atoms with Crippen LogP contribution in [-0.2, 0) is 17.8 Å². The van der Waals surface area contributed by atoms with Crippen molar-refractivity contribution in [2.75, 3.05) is 13.1 Å². The molecule has 0 spiro atoms. The summed E-state index contributed by atoms with van der Waals surface area (Å²) in [6, 6.07) is 13.7. The zero-order valence-corrected chi connectivity index (χ0v) is 18.3. The minimum absolute atomic E-state index is 0.0654. The van der Waals surface area contributed by atoms with Gasteiger partial charge in [0.25, 0.3) is 5.91 Å². The van der Waals surface area contributed by atoms with Crippen molar-refractivity contribution in [2.24, 2.45) is 5.92 Å². The normalized spacial score (nSPS) is 22.8. The lowest BCUT2D eigenvalue weighted by Crippen LogP contribution is -2.57. The van der Waals surface area contributed by atoms with E-state index in [1.807, 2.05) is 24.3 Å². The number of aryl methyl sites for hydroxylation is 2. The van der Waals surface area contributed by atoms with E-state index >= 15 is 0 Å². The van der Waals surface area contributed by atoms with Gasteiger partial charge in [-0.05, 0) is 68.5 Å². The standard InChI is InChI=1S/C24H28ClN3O2/c1-16-7-8-19(17(2)13-16)15-28-11-9-20(10-12-28)24(22(29)26-23(30)27-24)14-18-5-3-4-6-21(18)25/h3-8,13,20H,9-12,14-15H2,1-2H3,(H2,26,27,29,30). The maximum atomic E-state index is 12.9. The number of halogens is 1. The summed E-state index contributed by atoms with van der Waals surface area (Å²) in [4.78, 5) is 27.4. The van der Waals surface area contributed by atoms with Gasteiger partial charge >= 0.3 is 6.03 Å². The molecule has 0 aliphatic carbocycles. The second-order valence-electron chi connectivity index (χ2n) is 8.63. The van der Waals surface area contributed by atoms with E-state index in [0.717, 1.165) is 38.0 Å². The van der Waals surface area contributed by atoms with Gasteiger partial charge in [-0.1, -0.05) is 53.6 Å². The smallest absolute Gasteiger partial charge is 0.322 e. The molecule has 1 unspecified atom stereocenters. The first-order valence-corrected chi connectivity index (χ1v) is 10.9. The third kappa shape index (κ3) is 4.09. The first kappa shape index (κ1) is 20.9. The Morgan fingerprint density at radius 3 is 2.43 bits per heavy atom. The Labute approximate surface area is 182 Å². The van der Waals surface area contributed by atoms with Gasteiger partial charge in [-0.15, -0.1) is 0 Å². The maximum absolute atomic E-state index is 12.9. The van der Waals surface area contributed by atoms with Gasteiger partial charge in [-0.3, -0.25) is 15.0 Å². The quantitative estimate of drug-likeness (QED) is 0.712. The lowest BCUT2D eigenvalue weighted by atomic mass is 9.74. The molecule has 4 rings (SSSR count). The van der Waals surface area contributed by atoms with Crippen LogP contribution in [-0.4, -0.2) is 35.5 Å². The molecule has 3 amide bonds. The van der Waals surface area contributed by atoms with Crippen molar-refractivity contribution in [1.29, 1.82) is 0 Å². The predicted octanol–water partition coefficient (Wildman–Crippen LogP) is 3.99. The molecule has 2 heterocycles. The highest BCUT2D eigenvalue weighted by molar-refractivity contribution is 6.31. The summed E-state index contributed by atoms with van der Waals surface area (Å²) in [5.74, 6) is -0.171. The van der Waals surface area contributed by atoms with E-state index in [2.05, 4.69) is 47.6 Å². The van der Waals surface area contributed by atoms with Crippen molar-refractivity contribution in [3.05, 3.63) is 69.7 Å². The highest BCUT2D eigenvalue weighted by atomic mass is 35.5. The Morgan fingerprint density at radius 2 is 1.80 bits per heavy atom. The number of amides is 3. The third-order valence-electron chi connectivity index (χ3n) is 6.57. The second-order valence-corrected chi connectivity index (χ2v) is 9.04. The van der Waals surface area contributed by atoms with E-state index in [1.165, 1.54) is 16.7 Å². The van der Waals surface area contributed by atoms with Crippen LogP contribution in [0, 0.1) is 19.8 Å². The van der Waals surface area contributed by atoms with Crippen LogP contribution in [0.25, 0.3) is 0 Å². The number of hydrogen-bond donors (Lipinski definition) is 2. The van der Waals surface area contributed by atoms with Crippen molar-refractivity contribution in [2.45, 2.75) is 45.2 Å². The lowest BCUT2D eigenvalue weighted by molar-refractivity contribution is -0.126. The molecule has 2 fully saturated rings. The van der Waals surface area contributed by atoms with E-state index in [0.29, 0.717) is 11.4 Å². The number of likely N-dealkylation sites (tertiary alicyclic amines) is 1. The van der Waals surface area contributed by atoms with Crippen molar-refractivity contribution < 1.29 is 9.59 Å². The van der Waals surface area contributed by atoms with Gasteiger partial charge in [0, 0.05) is 18.0 Å². The summed E-state index contributed by atoms with van der Waals surface area (Å²) < 4.78 is 0. The monoisotopic (exact) mass is 425 g/mol. The van der Waals surface area contributed by atoms with Gasteiger partial charge in [-0.2, -0.15) is 0 Å². The highest BCUT2D eigenvalue weighted by Crippen LogP contribution is 2.35. The Bertz CT molecular complexity index is 969. The number of urea groups is 1. The van der Waals surface area contributed by atoms with Crippen LogP contribution in [0.15, 0.2) is 42.5 Å². The topological polar surface area (TPSA) is 61.4 Å². The van der Waals surface area contributed by atoms with Crippen LogP contribution in [0.5, 0.6) is 0 Å². The fourth-order valence-corrected chi connectivity index (χ4v) is 5.05. The SMILES string of the molecule is Cc1ccc(CN2CCC(C3(Cc4ccccc4Cl)NC(=O)NC3=O)CC2)c(C)c1. The molecule has 1 atom stereocenters. The minimum Gasteiger partial charge on any atom is -0.323 e. The Morgan fingerprint density at radius 1 is 1.07 bits per heavy atom. The number of imide groups is 1. The zero-order chi connectivity index (χ0) is 21.3. The molecule has 2 aromatic rings. The molecule has 30 heavy (non-hydrogen) atoms. The summed E-state index contributed by atoms with van der Waals surface area (Å²) in [5, 5.41) is 6.05. The highest BCUT2D eigenvalue weighted by Gasteiger charge is 2.52. The summed E-state index contributed by atoms with van der Waals surface area (Å²) in [5.41, 5.74) is 3.88. The fourth-order valence-electron chi connectivity index (χ4n) is 4.85. The molecule has 2 aromatic carbocycles. The van der Waals surface area contributed by atoms with Crippen LogP contribution >= 0.6 is 11.6 Å². The van der Waals surface area contributed by atoms with Gasteiger partial charge in [-0.25, -0.2) is 4.79 Å². The first-order chi connectivity index (χ1) is 14.4. The molecule has 0 saturated carbocycles. The first-order valence-electron chi connectivity index (χ1n) is 10.5. The minimum atomic E-state index is -0.937. The van der Waals surface area contributed by atoms with Crippen molar-refractivity contribution in [1.82, 2.24) is 15.5 Å². The maximum Gasteiger partial charge on any atom is 0.322 e. The van der Waals surface area contributed by atoms with Gasteiger partial charge in [0.1, 0.15) is 5.54 Å². The largest absolute Gasteiger partial charge is 0.323 e. The van der Waals surface area contributed by atoms with E-state index in [1.54, 1.807) is 0 Å². The van der Waals surface area contributed by atoms with Crippen LogP contribution in [0.3, 0.4) is 0 Å². The average Bonchev–Trinajstić information content (AvgIpc) is 3.00. The molecular formula is C24H28ClN3O2. The van der Waals surface area contributed by atoms with Gasteiger partial charge in [0.2, 0.25) is 0 Å². The van der Waals surface area contributed by atoms with E-state index < -0.39 is 11.6 Å². The molecule has 6 heteroatoms. The molecular weight excluding hydrogens is 398 g/mol. The number of carbonyl (C=O) groups is 2. The van der Waals surface area contributed by atoms with Crippen LogP contribution in [0.1, 0.15) is 35.1 Å². The van der Waals surface area contributed by atoms with Gasteiger partial charge in [0.05, 0.1) is 0 Å². The van der Waals surface area contributed by atoms with Gasteiger partial charge < -0.3 is 5.32 Å². The molecule has 2 aliphatic heterocycles. The van der Waals surface area contributed by atoms with Crippen LogP contribution < -0.4 is 10.6 Å². The summed E-state index contributed by atoms with van der Waals surface area (Å²) in [6.45, 7) is 6.97. The van der Waals surface area contributed by atoms with Crippen molar-refractivity contribution in [3.8, 4) is 0 Å². The number of nitrogens with one attached hydrogen (secondary N) is 2. The summed E-state index contributed by atoms with van der Waals surface area (Å²) >= 11 is 6.37. The van der Waals surface area contributed by atoms with Crippen LogP contribution in [0.2, 0.25) is 5.02 Å². The Hall–Kier alpha value is -2.37. The van der Waals surface area contributed by atoms with E-state index in [4.69, 9.17) is 11.6 Å². The zero-order valence-electron chi connectivity index (χ0n) is 17.5. The van der Waals surface area contributed by atoms with Crippen molar-refractivity contribution in [3.63, 3.8) is 0 Å². The van der Waals surface area contributed by atoms with Crippen LogP contribution in [0.4, 0.5) is 4.79 Å². The van der Waals surface area contributed by atoms with Crippen molar-refractivity contribution >= 4 is 23.5 Å². The lowest BCUT2D eigenvalue weighted by Gasteiger charge is -2.41. The third-order valence-corrected chi connectivity index (χ3v) is 6.94. The molecule has 5 nitrogen and oxygen atoms in total. The number of nitrogens with zero attached hydrogens (tertiary/aromatic N) is 1. The summed E-state index contributed by atoms with van der Waals surface area (Å²) in [6.07, 6.45) is 2.11. The fraction of sp³-hybridized carbons (Fsp3) is 0.417. The predicted molar refractivity (Wildman–Crippen MR) is 118 cm³/mol.